The van der Waals surface area contributed by atoms with Crippen LogP contribution in [0.3, 0.4) is 0 Å². The number of amides is 1. The van der Waals surface area contributed by atoms with E-state index in [1.807, 2.05) is 0 Å². The second-order valence-corrected chi connectivity index (χ2v) is 3.99. The van der Waals surface area contributed by atoms with Crippen molar-refractivity contribution in [3.05, 3.63) is 6.33 Å². The van der Waals surface area contributed by atoms with E-state index in [-0.39, 0.29) is 5.91 Å². The molecule has 6 heteroatoms. The van der Waals surface area contributed by atoms with Gasteiger partial charge < -0.3 is 5.32 Å². The smallest absolute Gasteiger partial charge is 0.220 e. The number of carbonyl (C=O) groups is 1. The minimum atomic E-state index is 0.131. The fraction of sp³-hybridized carbons (Fsp3) is 0.800. The summed E-state index contributed by atoms with van der Waals surface area (Å²) in [6.45, 7) is 5.59. The van der Waals surface area contributed by atoms with Gasteiger partial charge in [0, 0.05) is 19.5 Å². The predicted octanol–water partition coefficient (Wildman–Crippen LogP) is 0.616. The third kappa shape index (κ3) is 4.86. The van der Waals surface area contributed by atoms with Gasteiger partial charge in [-0.15, -0.1) is 5.10 Å². The van der Waals surface area contributed by atoms with Crippen LogP contribution in [-0.2, 0) is 11.3 Å². The minimum Gasteiger partial charge on any atom is -0.356 e. The zero-order valence-corrected chi connectivity index (χ0v) is 9.89. The van der Waals surface area contributed by atoms with Gasteiger partial charge in [-0.25, -0.2) is 4.68 Å². The summed E-state index contributed by atoms with van der Waals surface area (Å²) in [5.74, 6) is 0.589. The fourth-order valence-corrected chi connectivity index (χ4v) is 1.28. The van der Waals surface area contributed by atoms with Crippen molar-refractivity contribution >= 4 is 5.91 Å². The van der Waals surface area contributed by atoms with E-state index in [0.29, 0.717) is 18.9 Å². The van der Waals surface area contributed by atoms with Crippen molar-refractivity contribution in [3.8, 4) is 0 Å². The Labute approximate surface area is 95.4 Å². The van der Waals surface area contributed by atoms with Crippen LogP contribution < -0.4 is 5.32 Å². The van der Waals surface area contributed by atoms with Crippen LogP contribution in [0.2, 0.25) is 0 Å². The zero-order valence-electron chi connectivity index (χ0n) is 9.89. The second kappa shape index (κ2) is 6.92. The van der Waals surface area contributed by atoms with Gasteiger partial charge in [-0.3, -0.25) is 4.79 Å². The standard InChI is InChI=1S/C10H19N5O/c1-3-9(2)7-10(16)11-5-4-6-15-8-12-13-14-15/h8-9H,3-7H2,1-2H3,(H,11,16)/t9-/m1/s1. The number of carbonyl (C=O) groups excluding carboxylic acids is 1. The number of tetrazole rings is 1. The Bertz CT molecular complexity index is 298. The van der Waals surface area contributed by atoms with Gasteiger partial charge in [0.25, 0.3) is 0 Å². The number of aryl methyl sites for hydroxylation is 1. The summed E-state index contributed by atoms with van der Waals surface area (Å²) in [4.78, 5) is 11.4. The Morgan fingerprint density at radius 1 is 1.56 bits per heavy atom. The number of nitrogens with zero attached hydrogens (tertiary/aromatic N) is 4. The molecule has 90 valence electrons. The molecular formula is C10H19N5O. The molecule has 0 aromatic carbocycles. The van der Waals surface area contributed by atoms with Gasteiger partial charge in [0.05, 0.1) is 0 Å². The molecule has 0 fully saturated rings. The summed E-state index contributed by atoms with van der Waals surface area (Å²) < 4.78 is 1.65. The van der Waals surface area contributed by atoms with Crippen molar-refractivity contribution in [2.75, 3.05) is 6.54 Å². The van der Waals surface area contributed by atoms with Gasteiger partial charge in [0.2, 0.25) is 5.91 Å². The molecule has 1 N–H and O–H groups in total. The van der Waals surface area contributed by atoms with Crippen molar-refractivity contribution in [1.29, 1.82) is 0 Å². The first-order chi connectivity index (χ1) is 7.72. The van der Waals surface area contributed by atoms with Crippen LogP contribution in [0.4, 0.5) is 0 Å². The molecule has 6 nitrogen and oxygen atoms in total. The van der Waals surface area contributed by atoms with Crippen LogP contribution in [0.1, 0.15) is 33.1 Å². The summed E-state index contributed by atoms with van der Waals surface area (Å²) >= 11 is 0. The van der Waals surface area contributed by atoms with E-state index in [9.17, 15) is 4.79 Å². The van der Waals surface area contributed by atoms with E-state index in [0.717, 1.165) is 19.4 Å². The highest BCUT2D eigenvalue weighted by molar-refractivity contribution is 5.76. The lowest BCUT2D eigenvalue weighted by Gasteiger charge is -2.08. The molecule has 1 atom stereocenters. The van der Waals surface area contributed by atoms with Crippen LogP contribution >= 0.6 is 0 Å². The summed E-state index contributed by atoms with van der Waals surface area (Å²) in [5, 5.41) is 13.7. The molecule has 0 aliphatic carbocycles. The lowest BCUT2D eigenvalue weighted by atomic mass is 10.1. The summed E-state index contributed by atoms with van der Waals surface area (Å²) in [7, 11) is 0. The molecule has 0 radical (unpaired) electrons. The lowest BCUT2D eigenvalue weighted by Crippen LogP contribution is -2.26. The average molecular weight is 225 g/mol. The molecule has 16 heavy (non-hydrogen) atoms. The molecule has 0 saturated carbocycles. The molecule has 1 aromatic heterocycles. The maximum atomic E-state index is 11.4. The molecule has 0 spiro atoms. The number of rotatable bonds is 7. The number of nitrogens with one attached hydrogen (secondary N) is 1. The van der Waals surface area contributed by atoms with E-state index >= 15 is 0 Å². The van der Waals surface area contributed by atoms with Crippen molar-refractivity contribution in [1.82, 2.24) is 25.5 Å². The topological polar surface area (TPSA) is 72.7 Å². The summed E-state index contributed by atoms with van der Waals surface area (Å²) in [6, 6.07) is 0. The van der Waals surface area contributed by atoms with Gasteiger partial charge in [0.15, 0.2) is 0 Å². The van der Waals surface area contributed by atoms with Crippen LogP contribution in [0.15, 0.2) is 6.33 Å². The van der Waals surface area contributed by atoms with Crippen LogP contribution in [-0.4, -0.2) is 32.7 Å². The third-order valence-corrected chi connectivity index (χ3v) is 2.51. The van der Waals surface area contributed by atoms with Crippen LogP contribution in [0.5, 0.6) is 0 Å². The molecule has 0 aliphatic heterocycles. The first-order valence-electron chi connectivity index (χ1n) is 5.69. The maximum absolute atomic E-state index is 11.4. The fourth-order valence-electron chi connectivity index (χ4n) is 1.28. The molecule has 1 aromatic rings. The number of aromatic nitrogens is 4. The molecule has 1 heterocycles. The van der Waals surface area contributed by atoms with Crippen molar-refractivity contribution < 1.29 is 4.79 Å². The Balaban J connectivity index is 2.04. The summed E-state index contributed by atoms with van der Waals surface area (Å²) in [6.07, 6.45) is 4.07. The Morgan fingerprint density at radius 2 is 2.38 bits per heavy atom. The van der Waals surface area contributed by atoms with Crippen LogP contribution in [0, 0.1) is 5.92 Å². The maximum Gasteiger partial charge on any atom is 0.220 e. The SMILES string of the molecule is CC[C@@H](C)CC(=O)NCCCn1cnnn1. The zero-order chi connectivity index (χ0) is 11.8. The molecule has 0 aliphatic rings. The monoisotopic (exact) mass is 225 g/mol. The summed E-state index contributed by atoms with van der Waals surface area (Å²) in [5.41, 5.74) is 0. The lowest BCUT2D eigenvalue weighted by molar-refractivity contribution is -0.121. The van der Waals surface area contributed by atoms with Gasteiger partial charge in [-0.1, -0.05) is 20.3 Å². The first-order valence-corrected chi connectivity index (χ1v) is 5.69. The van der Waals surface area contributed by atoms with E-state index in [4.69, 9.17) is 0 Å². The minimum absolute atomic E-state index is 0.131. The molecule has 0 bridgehead atoms. The molecular weight excluding hydrogens is 206 g/mol. The van der Waals surface area contributed by atoms with E-state index < -0.39 is 0 Å². The number of hydrogen-bond acceptors (Lipinski definition) is 4. The largest absolute Gasteiger partial charge is 0.356 e. The predicted molar refractivity (Wildman–Crippen MR) is 59.5 cm³/mol. The normalized spacial score (nSPS) is 12.4. The Morgan fingerprint density at radius 3 is 3.00 bits per heavy atom. The van der Waals surface area contributed by atoms with Gasteiger partial charge in [-0.2, -0.15) is 0 Å². The molecule has 1 rings (SSSR count). The quantitative estimate of drug-likeness (QED) is 0.690. The molecule has 0 saturated heterocycles. The van der Waals surface area contributed by atoms with Gasteiger partial charge in [-0.05, 0) is 22.8 Å². The highest BCUT2D eigenvalue weighted by Gasteiger charge is 2.06. The first kappa shape index (κ1) is 12.6. The van der Waals surface area contributed by atoms with Gasteiger partial charge in [0.1, 0.15) is 6.33 Å². The van der Waals surface area contributed by atoms with Crippen molar-refractivity contribution in [2.24, 2.45) is 5.92 Å². The molecule has 0 unspecified atom stereocenters. The van der Waals surface area contributed by atoms with Crippen LogP contribution in [0.25, 0.3) is 0 Å². The van der Waals surface area contributed by atoms with E-state index in [1.165, 1.54) is 0 Å². The van der Waals surface area contributed by atoms with Crippen molar-refractivity contribution in [3.63, 3.8) is 0 Å². The Kier molecular flexibility index (Phi) is 5.45. The highest BCUT2D eigenvalue weighted by Crippen LogP contribution is 2.05. The van der Waals surface area contributed by atoms with Crippen molar-refractivity contribution in [2.45, 2.75) is 39.7 Å². The molecule has 1 amide bonds. The highest BCUT2D eigenvalue weighted by atomic mass is 16.1. The second-order valence-electron chi connectivity index (χ2n) is 3.99. The van der Waals surface area contributed by atoms with Gasteiger partial charge >= 0.3 is 0 Å². The van der Waals surface area contributed by atoms with E-state index in [1.54, 1.807) is 11.0 Å². The van der Waals surface area contributed by atoms with E-state index in [2.05, 4.69) is 34.7 Å². The Hall–Kier alpha value is -1.46. The number of hydrogen-bond donors (Lipinski definition) is 1. The average Bonchev–Trinajstić information content (AvgIpc) is 2.77. The third-order valence-electron chi connectivity index (χ3n) is 2.51.